The van der Waals surface area contributed by atoms with Crippen molar-refractivity contribution in [3.63, 3.8) is 0 Å². The molecule has 25 heavy (non-hydrogen) atoms. The second-order valence-corrected chi connectivity index (χ2v) is 10.0. The third-order valence-corrected chi connectivity index (χ3v) is 8.74. The Kier molecular flexibility index (Phi) is 3.67. The molecule has 0 aliphatic heterocycles. The molecule has 0 heterocycles. The van der Waals surface area contributed by atoms with Gasteiger partial charge in [-0.25, -0.2) is 4.39 Å². The number of ketones is 2. The monoisotopic (exact) mass is 346 g/mol. The molecule has 1 unspecified atom stereocenters. The molecule has 0 N–H and O–H groups in total. The number of Topliss-reactive ketones (excluding diaryl/α,β-unsaturated/α-hetero) is 1. The van der Waals surface area contributed by atoms with Crippen molar-refractivity contribution in [2.75, 3.05) is 0 Å². The maximum Gasteiger partial charge on any atom is 0.155 e. The number of rotatable bonds is 1. The minimum atomic E-state index is -1.39. The molecule has 4 rings (SSSR count). The molecule has 2 nitrogen and oxygen atoms in total. The first-order valence-corrected chi connectivity index (χ1v) is 10.0. The van der Waals surface area contributed by atoms with Gasteiger partial charge in [-0.1, -0.05) is 13.8 Å². The van der Waals surface area contributed by atoms with Crippen LogP contribution in [-0.4, -0.2) is 17.2 Å². The maximum atomic E-state index is 15.7. The Morgan fingerprint density at radius 2 is 1.84 bits per heavy atom. The fraction of sp³-hybridized carbons (Fsp3) is 0.818. The Balaban J connectivity index is 1.75. The minimum Gasteiger partial charge on any atom is -0.300 e. The Morgan fingerprint density at radius 3 is 2.52 bits per heavy atom. The van der Waals surface area contributed by atoms with Gasteiger partial charge in [0, 0.05) is 12.3 Å². The largest absolute Gasteiger partial charge is 0.300 e. The number of carbonyl (C=O) groups is 2. The molecule has 0 aromatic carbocycles. The molecule has 138 valence electrons. The summed E-state index contributed by atoms with van der Waals surface area (Å²) >= 11 is 0. The van der Waals surface area contributed by atoms with Gasteiger partial charge >= 0.3 is 0 Å². The number of carbonyl (C=O) groups excluding carboxylic acids is 2. The molecule has 0 saturated heterocycles. The van der Waals surface area contributed by atoms with Gasteiger partial charge in [0.1, 0.15) is 11.5 Å². The highest BCUT2D eigenvalue weighted by Crippen LogP contribution is 2.68. The highest BCUT2D eigenvalue weighted by molar-refractivity contribution is 5.92. The predicted octanol–water partition coefficient (Wildman–Crippen LogP) is 5.06. The van der Waals surface area contributed by atoms with Crippen LogP contribution in [0.25, 0.3) is 0 Å². The highest BCUT2D eigenvalue weighted by atomic mass is 19.1. The summed E-state index contributed by atoms with van der Waals surface area (Å²) in [4.78, 5) is 24.2. The van der Waals surface area contributed by atoms with Gasteiger partial charge in [0.15, 0.2) is 5.78 Å². The second-order valence-electron chi connectivity index (χ2n) is 10.0. The van der Waals surface area contributed by atoms with E-state index < -0.39 is 5.67 Å². The zero-order chi connectivity index (χ0) is 18.2. The molecule has 3 heteroatoms. The van der Waals surface area contributed by atoms with E-state index in [1.165, 1.54) is 0 Å². The van der Waals surface area contributed by atoms with Crippen molar-refractivity contribution in [2.45, 2.75) is 78.3 Å². The number of allylic oxidation sites excluding steroid dienone is 1. The average Bonchev–Trinajstić information content (AvgIpc) is 2.86. The topological polar surface area (TPSA) is 34.1 Å². The Labute approximate surface area is 150 Å². The standard InChI is InChI=1S/C22H31FO2/c1-13(24)16-5-6-17-15-12-22(4,23)19-11-14(25)7-9-21(19,3)18(15)8-10-20(16,17)2/h11,15-18H,5-10,12H2,1-4H3/t15-,16+,17-,18-,20+,21+,22?/m0/s1. The van der Waals surface area contributed by atoms with E-state index in [1.54, 1.807) is 19.9 Å². The molecule has 3 fully saturated rings. The summed E-state index contributed by atoms with van der Waals surface area (Å²) in [6.45, 7) is 7.93. The van der Waals surface area contributed by atoms with Gasteiger partial charge in [0.25, 0.3) is 0 Å². The van der Waals surface area contributed by atoms with Gasteiger partial charge in [0.2, 0.25) is 0 Å². The minimum absolute atomic E-state index is 0.0468. The zero-order valence-electron chi connectivity index (χ0n) is 16.0. The van der Waals surface area contributed by atoms with Crippen LogP contribution in [-0.2, 0) is 9.59 Å². The number of hydrogen-bond donors (Lipinski definition) is 0. The summed E-state index contributed by atoms with van der Waals surface area (Å²) in [5.74, 6) is 1.81. The summed E-state index contributed by atoms with van der Waals surface area (Å²) < 4.78 is 15.7. The first-order valence-electron chi connectivity index (χ1n) is 10.0. The Hall–Kier alpha value is -0.990. The van der Waals surface area contributed by atoms with Crippen LogP contribution in [0.1, 0.15) is 72.6 Å². The van der Waals surface area contributed by atoms with Crippen LogP contribution in [0.15, 0.2) is 11.6 Å². The molecule has 0 aromatic rings. The van der Waals surface area contributed by atoms with Crippen molar-refractivity contribution in [2.24, 2.45) is 34.5 Å². The molecule has 0 amide bonds. The Bertz CT molecular complexity index is 663. The van der Waals surface area contributed by atoms with Crippen molar-refractivity contribution in [1.29, 1.82) is 0 Å². The highest BCUT2D eigenvalue weighted by Gasteiger charge is 2.63. The van der Waals surface area contributed by atoms with Crippen LogP contribution >= 0.6 is 0 Å². The van der Waals surface area contributed by atoms with Crippen molar-refractivity contribution in [3.05, 3.63) is 11.6 Å². The second kappa shape index (κ2) is 5.27. The molecule has 7 atom stereocenters. The van der Waals surface area contributed by atoms with Crippen LogP contribution < -0.4 is 0 Å². The fourth-order valence-corrected chi connectivity index (χ4v) is 7.63. The summed E-state index contributed by atoms with van der Waals surface area (Å²) in [7, 11) is 0. The van der Waals surface area contributed by atoms with Gasteiger partial charge in [-0.15, -0.1) is 0 Å². The predicted molar refractivity (Wildman–Crippen MR) is 95.8 cm³/mol. The van der Waals surface area contributed by atoms with Crippen LogP contribution in [0.5, 0.6) is 0 Å². The normalized spacial score (nSPS) is 52.0. The third-order valence-electron chi connectivity index (χ3n) is 8.74. The lowest BCUT2D eigenvalue weighted by Crippen LogP contribution is -2.56. The number of alkyl halides is 1. The van der Waals surface area contributed by atoms with E-state index in [0.29, 0.717) is 36.4 Å². The van der Waals surface area contributed by atoms with E-state index in [0.717, 1.165) is 37.7 Å². The number of fused-ring (bicyclic) bond motifs is 5. The molecule has 0 radical (unpaired) electrons. The van der Waals surface area contributed by atoms with E-state index in [4.69, 9.17) is 0 Å². The summed E-state index contributed by atoms with van der Waals surface area (Å²) in [6, 6.07) is 0. The number of halogens is 1. The van der Waals surface area contributed by atoms with Crippen LogP contribution in [0, 0.1) is 34.5 Å². The molecule has 3 saturated carbocycles. The summed E-state index contributed by atoms with van der Waals surface area (Å²) in [5.41, 5.74) is -0.762. The lowest BCUT2D eigenvalue weighted by atomic mass is 9.44. The van der Waals surface area contributed by atoms with Gasteiger partial charge in [-0.3, -0.25) is 9.59 Å². The number of hydrogen-bond acceptors (Lipinski definition) is 2. The van der Waals surface area contributed by atoms with Crippen LogP contribution in [0.2, 0.25) is 0 Å². The first kappa shape index (κ1) is 17.4. The molecule has 0 spiro atoms. The molecular weight excluding hydrogens is 315 g/mol. The van der Waals surface area contributed by atoms with E-state index in [2.05, 4.69) is 13.8 Å². The zero-order valence-corrected chi connectivity index (χ0v) is 16.0. The molecule has 4 aliphatic rings. The van der Waals surface area contributed by atoms with Gasteiger partial charge < -0.3 is 0 Å². The lowest BCUT2D eigenvalue weighted by molar-refractivity contribution is -0.131. The van der Waals surface area contributed by atoms with Gasteiger partial charge in [-0.2, -0.15) is 0 Å². The molecular formula is C22H31FO2. The van der Waals surface area contributed by atoms with E-state index in [1.807, 2.05) is 0 Å². The SMILES string of the molecule is CC(=O)[C@H]1CC[C@H]2[C@@H]3CC(C)(F)C4=CC(=O)CC[C@]4(C)[C@H]3CC[C@]12C. The van der Waals surface area contributed by atoms with Crippen molar-refractivity contribution in [1.82, 2.24) is 0 Å². The first-order chi connectivity index (χ1) is 11.6. The third kappa shape index (κ3) is 2.26. The quantitative estimate of drug-likeness (QED) is 0.665. The van der Waals surface area contributed by atoms with Crippen LogP contribution in [0.3, 0.4) is 0 Å². The van der Waals surface area contributed by atoms with Crippen molar-refractivity contribution in [3.8, 4) is 0 Å². The van der Waals surface area contributed by atoms with E-state index >= 15 is 4.39 Å². The summed E-state index contributed by atoms with van der Waals surface area (Å²) in [5, 5.41) is 0. The fourth-order valence-electron chi connectivity index (χ4n) is 7.63. The van der Waals surface area contributed by atoms with E-state index in [-0.39, 0.29) is 22.5 Å². The van der Waals surface area contributed by atoms with Gasteiger partial charge in [0.05, 0.1) is 0 Å². The lowest BCUT2D eigenvalue weighted by Gasteiger charge is -2.60. The smallest absolute Gasteiger partial charge is 0.155 e. The maximum absolute atomic E-state index is 15.7. The van der Waals surface area contributed by atoms with E-state index in [9.17, 15) is 9.59 Å². The van der Waals surface area contributed by atoms with Crippen molar-refractivity contribution < 1.29 is 14.0 Å². The average molecular weight is 346 g/mol. The molecule has 0 bridgehead atoms. The molecule has 0 aromatic heterocycles. The summed E-state index contributed by atoms with van der Waals surface area (Å²) in [6.07, 6.45) is 7.68. The Morgan fingerprint density at radius 1 is 1.12 bits per heavy atom. The van der Waals surface area contributed by atoms with Crippen molar-refractivity contribution >= 4 is 11.6 Å². The molecule has 4 aliphatic carbocycles. The van der Waals surface area contributed by atoms with Gasteiger partial charge in [-0.05, 0) is 92.6 Å². The van der Waals surface area contributed by atoms with Crippen LogP contribution in [0.4, 0.5) is 4.39 Å².